The second-order valence-electron chi connectivity index (χ2n) is 6.21. The van der Waals surface area contributed by atoms with Gasteiger partial charge in [0.25, 0.3) is 0 Å². The topological polar surface area (TPSA) is 66.8 Å². The summed E-state index contributed by atoms with van der Waals surface area (Å²) in [4.78, 5) is 27.2. The Labute approximate surface area is 164 Å². The van der Waals surface area contributed by atoms with Crippen molar-refractivity contribution in [2.75, 3.05) is 32.2 Å². The van der Waals surface area contributed by atoms with Crippen molar-refractivity contribution in [3.8, 4) is 0 Å². The summed E-state index contributed by atoms with van der Waals surface area (Å²) < 4.78 is 5.10. The number of carbonyl (C=O) groups is 2. The van der Waals surface area contributed by atoms with Crippen LogP contribution >= 0.6 is 11.8 Å². The molecular formula is C21H25NO4S. The van der Waals surface area contributed by atoms with Gasteiger partial charge in [-0.1, -0.05) is 49.0 Å². The van der Waals surface area contributed by atoms with Gasteiger partial charge in [-0.05, 0) is 29.7 Å². The van der Waals surface area contributed by atoms with E-state index in [2.05, 4.69) is 0 Å². The lowest BCUT2D eigenvalue weighted by Gasteiger charge is -2.21. The molecule has 0 saturated heterocycles. The predicted octanol–water partition coefficient (Wildman–Crippen LogP) is 3.54. The number of carbonyl (C=O) groups excluding carboxylic acids is 2. The molecule has 6 heteroatoms. The summed E-state index contributed by atoms with van der Waals surface area (Å²) in [5, 5.41) is 8.83. The standard InChI is InChI=1S/C21H25NO4S/c1-4-15-12-17(20(24)26-11-10-23)19(22(2)3)18(13-15)21(25)27-14-16-8-6-5-7-9-16/h5-9,12-13,23H,4,10-11,14H2,1-3H3. The molecule has 0 unspecified atom stereocenters. The lowest BCUT2D eigenvalue weighted by atomic mass is 10.0. The first-order valence-corrected chi connectivity index (χ1v) is 9.79. The number of ether oxygens (including phenoxy) is 1. The first-order chi connectivity index (χ1) is 13.0. The quantitative estimate of drug-likeness (QED) is 0.699. The van der Waals surface area contributed by atoms with Crippen LogP contribution < -0.4 is 4.90 Å². The fraction of sp³-hybridized carbons (Fsp3) is 0.333. The predicted molar refractivity (Wildman–Crippen MR) is 110 cm³/mol. The van der Waals surface area contributed by atoms with Crippen LogP contribution in [0.5, 0.6) is 0 Å². The number of anilines is 1. The number of aliphatic hydroxyl groups excluding tert-OH is 1. The van der Waals surface area contributed by atoms with Crippen LogP contribution in [0.3, 0.4) is 0 Å². The number of rotatable bonds is 8. The van der Waals surface area contributed by atoms with E-state index in [-0.39, 0.29) is 18.3 Å². The van der Waals surface area contributed by atoms with Crippen molar-refractivity contribution in [3.05, 3.63) is 64.7 Å². The maximum absolute atomic E-state index is 12.9. The summed E-state index contributed by atoms with van der Waals surface area (Å²) in [5.41, 5.74) is 3.34. The van der Waals surface area contributed by atoms with Crippen LogP contribution in [0.2, 0.25) is 0 Å². The zero-order valence-corrected chi connectivity index (χ0v) is 16.7. The van der Waals surface area contributed by atoms with Gasteiger partial charge in [0.2, 0.25) is 5.12 Å². The van der Waals surface area contributed by atoms with Gasteiger partial charge in [-0.3, -0.25) is 4.79 Å². The third-order valence-electron chi connectivity index (χ3n) is 4.00. The van der Waals surface area contributed by atoms with E-state index in [9.17, 15) is 9.59 Å². The number of aryl methyl sites for hydroxylation is 1. The first kappa shape index (κ1) is 21.0. The maximum atomic E-state index is 12.9. The molecule has 144 valence electrons. The van der Waals surface area contributed by atoms with Gasteiger partial charge in [0.1, 0.15) is 6.61 Å². The molecule has 0 saturated carbocycles. The van der Waals surface area contributed by atoms with E-state index in [1.54, 1.807) is 25.1 Å². The summed E-state index contributed by atoms with van der Waals surface area (Å²) in [6.45, 7) is 1.65. The summed E-state index contributed by atoms with van der Waals surface area (Å²) >= 11 is 1.21. The number of benzene rings is 2. The largest absolute Gasteiger partial charge is 0.460 e. The van der Waals surface area contributed by atoms with Crippen molar-refractivity contribution in [1.29, 1.82) is 0 Å². The molecule has 27 heavy (non-hydrogen) atoms. The first-order valence-electron chi connectivity index (χ1n) is 8.81. The Balaban J connectivity index is 2.37. The van der Waals surface area contributed by atoms with Crippen molar-refractivity contribution in [2.24, 2.45) is 0 Å². The Kier molecular flexibility index (Phi) is 7.88. The van der Waals surface area contributed by atoms with Crippen molar-refractivity contribution in [2.45, 2.75) is 19.1 Å². The molecule has 2 aromatic rings. The maximum Gasteiger partial charge on any atom is 0.340 e. The van der Waals surface area contributed by atoms with Gasteiger partial charge < -0.3 is 14.7 Å². The summed E-state index contributed by atoms with van der Waals surface area (Å²) in [6, 6.07) is 13.4. The summed E-state index contributed by atoms with van der Waals surface area (Å²) in [5.74, 6) is 0.0258. The average molecular weight is 388 g/mol. The molecule has 5 nitrogen and oxygen atoms in total. The second kappa shape index (κ2) is 10.1. The monoisotopic (exact) mass is 387 g/mol. The fourth-order valence-electron chi connectivity index (χ4n) is 2.71. The molecule has 0 atom stereocenters. The Morgan fingerprint density at radius 3 is 2.33 bits per heavy atom. The summed E-state index contributed by atoms with van der Waals surface area (Å²) in [7, 11) is 3.59. The van der Waals surface area contributed by atoms with Gasteiger partial charge in [0.05, 0.1) is 23.4 Å². The lowest BCUT2D eigenvalue weighted by Crippen LogP contribution is -2.20. The molecule has 1 N–H and O–H groups in total. The van der Waals surface area contributed by atoms with Gasteiger partial charge in [0.15, 0.2) is 0 Å². The van der Waals surface area contributed by atoms with Crippen LogP contribution in [0, 0.1) is 0 Å². The third-order valence-corrected chi connectivity index (χ3v) is 4.96. The Bertz CT molecular complexity index is 790. The zero-order valence-electron chi connectivity index (χ0n) is 15.9. The highest BCUT2D eigenvalue weighted by atomic mass is 32.2. The number of hydrogen-bond acceptors (Lipinski definition) is 6. The molecule has 0 amide bonds. The molecular weight excluding hydrogens is 362 g/mol. The van der Waals surface area contributed by atoms with Crippen molar-refractivity contribution in [1.82, 2.24) is 0 Å². The highest BCUT2D eigenvalue weighted by molar-refractivity contribution is 8.13. The number of hydrogen-bond donors (Lipinski definition) is 1. The van der Waals surface area contributed by atoms with E-state index in [0.29, 0.717) is 29.0 Å². The molecule has 0 aliphatic rings. The van der Waals surface area contributed by atoms with Gasteiger partial charge in [-0.2, -0.15) is 0 Å². The Morgan fingerprint density at radius 1 is 1.07 bits per heavy atom. The van der Waals surface area contributed by atoms with E-state index in [4.69, 9.17) is 9.84 Å². The molecule has 2 rings (SSSR count). The molecule has 0 aliphatic carbocycles. The number of aliphatic hydroxyl groups is 1. The molecule has 0 radical (unpaired) electrons. The molecule has 0 heterocycles. The van der Waals surface area contributed by atoms with Gasteiger partial charge in [-0.15, -0.1) is 0 Å². The zero-order chi connectivity index (χ0) is 19.8. The van der Waals surface area contributed by atoms with Crippen LogP contribution in [-0.2, 0) is 16.9 Å². The van der Waals surface area contributed by atoms with Gasteiger partial charge in [0, 0.05) is 19.8 Å². The van der Waals surface area contributed by atoms with E-state index < -0.39 is 5.97 Å². The number of esters is 1. The van der Waals surface area contributed by atoms with Gasteiger partial charge in [-0.25, -0.2) is 4.79 Å². The molecule has 0 aliphatic heterocycles. The van der Waals surface area contributed by atoms with E-state index in [1.807, 2.05) is 43.3 Å². The Hall–Kier alpha value is -2.31. The van der Waals surface area contributed by atoms with Crippen LogP contribution in [0.4, 0.5) is 5.69 Å². The van der Waals surface area contributed by atoms with Crippen LogP contribution in [-0.4, -0.2) is 43.5 Å². The van der Waals surface area contributed by atoms with Gasteiger partial charge >= 0.3 is 5.97 Å². The van der Waals surface area contributed by atoms with Crippen molar-refractivity contribution in [3.63, 3.8) is 0 Å². The molecule has 2 aromatic carbocycles. The third kappa shape index (κ3) is 5.58. The molecule has 0 fully saturated rings. The lowest BCUT2D eigenvalue weighted by molar-refractivity contribution is 0.0434. The molecule has 0 bridgehead atoms. The highest BCUT2D eigenvalue weighted by Crippen LogP contribution is 2.31. The highest BCUT2D eigenvalue weighted by Gasteiger charge is 2.23. The minimum atomic E-state index is -0.537. The fourth-order valence-corrected chi connectivity index (χ4v) is 3.51. The van der Waals surface area contributed by atoms with E-state index >= 15 is 0 Å². The van der Waals surface area contributed by atoms with Crippen LogP contribution in [0.15, 0.2) is 42.5 Å². The average Bonchev–Trinajstić information content (AvgIpc) is 2.69. The Morgan fingerprint density at radius 2 is 1.74 bits per heavy atom. The van der Waals surface area contributed by atoms with Crippen LogP contribution in [0.1, 0.15) is 38.8 Å². The number of thioether (sulfide) groups is 1. The normalized spacial score (nSPS) is 10.5. The minimum absolute atomic E-state index is 0.0753. The van der Waals surface area contributed by atoms with E-state index in [0.717, 1.165) is 11.1 Å². The SMILES string of the molecule is CCc1cc(C(=O)OCCO)c(N(C)C)c(C(=O)SCc2ccccc2)c1. The summed E-state index contributed by atoms with van der Waals surface area (Å²) in [6.07, 6.45) is 0.692. The van der Waals surface area contributed by atoms with E-state index in [1.165, 1.54) is 11.8 Å². The second-order valence-corrected chi connectivity index (χ2v) is 7.16. The molecule has 0 aromatic heterocycles. The van der Waals surface area contributed by atoms with Crippen LogP contribution in [0.25, 0.3) is 0 Å². The van der Waals surface area contributed by atoms with Crippen molar-refractivity contribution >= 4 is 28.5 Å². The van der Waals surface area contributed by atoms with Crippen molar-refractivity contribution < 1.29 is 19.4 Å². The smallest absolute Gasteiger partial charge is 0.340 e. The molecule has 0 spiro atoms. The number of nitrogens with zero attached hydrogens (tertiary/aromatic N) is 1. The minimum Gasteiger partial charge on any atom is -0.460 e.